The number of likely N-dealkylation sites (tertiary alicyclic amines) is 1. The molecule has 0 bridgehead atoms. The van der Waals surface area contributed by atoms with Crippen LogP contribution >= 0.6 is 0 Å². The predicted molar refractivity (Wildman–Crippen MR) is 69.3 cm³/mol. The molecule has 0 radical (unpaired) electrons. The molecule has 0 saturated carbocycles. The molecule has 1 saturated heterocycles. The average Bonchev–Trinajstić information content (AvgIpc) is 2.31. The Hall–Kier alpha value is -1.10. The first kappa shape index (κ1) is 15.0. The number of carboxylic acids is 1. The number of hydrogen-bond acceptors (Lipinski definition) is 3. The third-order valence-corrected chi connectivity index (χ3v) is 3.51. The molecule has 1 aliphatic rings. The van der Waals surface area contributed by atoms with Crippen molar-refractivity contribution in [2.45, 2.75) is 38.5 Å². The summed E-state index contributed by atoms with van der Waals surface area (Å²) in [5.74, 6) is -0.140. The predicted octanol–water partition coefficient (Wildman–Crippen LogP) is 1.09. The summed E-state index contributed by atoms with van der Waals surface area (Å²) in [5.41, 5.74) is 0. The molecule has 0 aromatic heterocycles. The molecular formula is C13H24N2O3. The van der Waals surface area contributed by atoms with Crippen LogP contribution in [0.15, 0.2) is 0 Å². The number of carbonyl (C=O) groups excluding carboxylic acids is 1. The summed E-state index contributed by atoms with van der Waals surface area (Å²) in [7, 11) is 2.14. The van der Waals surface area contributed by atoms with Crippen molar-refractivity contribution in [1.82, 2.24) is 10.2 Å². The van der Waals surface area contributed by atoms with E-state index >= 15 is 0 Å². The van der Waals surface area contributed by atoms with Gasteiger partial charge in [-0.2, -0.15) is 0 Å². The Labute approximate surface area is 109 Å². The maximum Gasteiger partial charge on any atom is 0.303 e. The summed E-state index contributed by atoms with van der Waals surface area (Å²) in [6.45, 7) is 3.02. The number of carboxylic acid groups (broad SMARTS) is 1. The second-order valence-electron chi connectivity index (χ2n) is 5.13. The standard InChI is InChI=1S/C13H24N2O3/c1-15-9-6-11(7-10-15)5-8-14-12(16)3-2-4-13(17)18/h11H,2-10H2,1H3,(H,14,16)(H,17,18). The molecule has 0 aromatic carbocycles. The highest BCUT2D eigenvalue weighted by Crippen LogP contribution is 2.18. The number of aliphatic carboxylic acids is 1. The van der Waals surface area contributed by atoms with Crippen LogP contribution in [0.1, 0.15) is 38.5 Å². The highest BCUT2D eigenvalue weighted by molar-refractivity contribution is 5.76. The van der Waals surface area contributed by atoms with Crippen molar-refractivity contribution < 1.29 is 14.7 Å². The van der Waals surface area contributed by atoms with Gasteiger partial charge in [-0.15, -0.1) is 0 Å². The normalized spacial score (nSPS) is 17.6. The Kier molecular flexibility index (Phi) is 6.72. The lowest BCUT2D eigenvalue weighted by atomic mass is 9.94. The third kappa shape index (κ3) is 6.59. The van der Waals surface area contributed by atoms with E-state index in [2.05, 4.69) is 17.3 Å². The molecular weight excluding hydrogens is 232 g/mol. The van der Waals surface area contributed by atoms with E-state index in [-0.39, 0.29) is 12.3 Å². The molecule has 1 rings (SSSR count). The molecule has 0 atom stereocenters. The van der Waals surface area contributed by atoms with Crippen molar-refractivity contribution in [1.29, 1.82) is 0 Å². The molecule has 0 aliphatic carbocycles. The van der Waals surface area contributed by atoms with Crippen LogP contribution in [0.2, 0.25) is 0 Å². The summed E-state index contributed by atoms with van der Waals surface area (Å²) < 4.78 is 0. The topological polar surface area (TPSA) is 69.6 Å². The quantitative estimate of drug-likeness (QED) is 0.715. The zero-order chi connectivity index (χ0) is 13.4. The van der Waals surface area contributed by atoms with Crippen molar-refractivity contribution in [3.8, 4) is 0 Å². The van der Waals surface area contributed by atoms with Gasteiger partial charge in [-0.3, -0.25) is 9.59 Å². The summed E-state index contributed by atoms with van der Waals surface area (Å²) in [6.07, 6.45) is 4.28. The molecule has 104 valence electrons. The molecule has 18 heavy (non-hydrogen) atoms. The SMILES string of the molecule is CN1CCC(CCNC(=O)CCCC(=O)O)CC1. The van der Waals surface area contributed by atoms with Crippen molar-refractivity contribution in [2.75, 3.05) is 26.7 Å². The van der Waals surface area contributed by atoms with E-state index in [1.54, 1.807) is 0 Å². The molecule has 1 amide bonds. The molecule has 1 heterocycles. The number of nitrogens with zero attached hydrogens (tertiary/aromatic N) is 1. The summed E-state index contributed by atoms with van der Waals surface area (Å²) in [6, 6.07) is 0. The van der Waals surface area contributed by atoms with E-state index in [1.807, 2.05) is 0 Å². The molecule has 1 aliphatic heterocycles. The van der Waals surface area contributed by atoms with E-state index in [0.29, 0.717) is 12.8 Å². The second kappa shape index (κ2) is 8.08. The van der Waals surface area contributed by atoms with Crippen molar-refractivity contribution >= 4 is 11.9 Å². The zero-order valence-electron chi connectivity index (χ0n) is 11.2. The van der Waals surface area contributed by atoms with Gasteiger partial charge in [0.15, 0.2) is 0 Å². The van der Waals surface area contributed by atoms with E-state index in [1.165, 1.54) is 12.8 Å². The minimum absolute atomic E-state index is 0.0239. The van der Waals surface area contributed by atoms with Crippen LogP contribution in [0.3, 0.4) is 0 Å². The number of rotatable bonds is 7. The molecule has 0 spiro atoms. The fourth-order valence-electron chi connectivity index (χ4n) is 2.26. The number of amides is 1. The lowest BCUT2D eigenvalue weighted by Gasteiger charge is -2.28. The van der Waals surface area contributed by atoms with Crippen LogP contribution in [0.4, 0.5) is 0 Å². The lowest BCUT2D eigenvalue weighted by Crippen LogP contribution is -2.32. The first-order valence-corrected chi connectivity index (χ1v) is 6.75. The number of carbonyl (C=O) groups is 2. The average molecular weight is 256 g/mol. The van der Waals surface area contributed by atoms with E-state index < -0.39 is 5.97 Å². The third-order valence-electron chi connectivity index (χ3n) is 3.51. The van der Waals surface area contributed by atoms with Gasteiger partial charge in [0.2, 0.25) is 5.91 Å². The van der Waals surface area contributed by atoms with E-state index in [9.17, 15) is 9.59 Å². The Morgan fingerprint density at radius 2 is 1.94 bits per heavy atom. The van der Waals surface area contributed by atoms with Crippen molar-refractivity contribution in [3.05, 3.63) is 0 Å². The van der Waals surface area contributed by atoms with Crippen LogP contribution in [0, 0.1) is 5.92 Å². The van der Waals surface area contributed by atoms with E-state index in [4.69, 9.17) is 5.11 Å². The highest BCUT2D eigenvalue weighted by atomic mass is 16.4. The summed E-state index contributed by atoms with van der Waals surface area (Å²) in [4.78, 5) is 24.0. The zero-order valence-corrected chi connectivity index (χ0v) is 11.2. The Morgan fingerprint density at radius 1 is 1.28 bits per heavy atom. The van der Waals surface area contributed by atoms with Gasteiger partial charge in [-0.1, -0.05) is 0 Å². The van der Waals surface area contributed by atoms with Crippen LogP contribution in [-0.2, 0) is 9.59 Å². The van der Waals surface area contributed by atoms with Gasteiger partial charge in [0.25, 0.3) is 0 Å². The summed E-state index contributed by atoms with van der Waals surface area (Å²) in [5, 5.41) is 11.3. The largest absolute Gasteiger partial charge is 0.481 e. The minimum Gasteiger partial charge on any atom is -0.481 e. The smallest absolute Gasteiger partial charge is 0.303 e. The lowest BCUT2D eigenvalue weighted by molar-refractivity contribution is -0.137. The van der Waals surface area contributed by atoms with Crippen LogP contribution in [0.25, 0.3) is 0 Å². The molecule has 5 nitrogen and oxygen atoms in total. The second-order valence-corrected chi connectivity index (χ2v) is 5.13. The fraction of sp³-hybridized carbons (Fsp3) is 0.846. The van der Waals surface area contributed by atoms with Gasteiger partial charge in [0, 0.05) is 19.4 Å². The van der Waals surface area contributed by atoms with Gasteiger partial charge >= 0.3 is 5.97 Å². The minimum atomic E-state index is -0.839. The van der Waals surface area contributed by atoms with Gasteiger partial charge in [0.05, 0.1) is 0 Å². The molecule has 5 heteroatoms. The fourth-order valence-corrected chi connectivity index (χ4v) is 2.26. The van der Waals surface area contributed by atoms with Crippen LogP contribution < -0.4 is 5.32 Å². The number of nitrogens with one attached hydrogen (secondary N) is 1. The van der Waals surface area contributed by atoms with Gasteiger partial charge < -0.3 is 15.3 Å². The molecule has 2 N–H and O–H groups in total. The number of piperidine rings is 1. The van der Waals surface area contributed by atoms with Crippen LogP contribution in [-0.4, -0.2) is 48.6 Å². The Bertz CT molecular complexity index is 273. The Balaban J connectivity index is 2.00. The maximum absolute atomic E-state index is 11.4. The van der Waals surface area contributed by atoms with Gasteiger partial charge in [-0.25, -0.2) is 0 Å². The van der Waals surface area contributed by atoms with Gasteiger partial charge in [-0.05, 0) is 51.7 Å². The first-order valence-electron chi connectivity index (χ1n) is 6.75. The molecule has 0 unspecified atom stereocenters. The first-order chi connectivity index (χ1) is 8.58. The van der Waals surface area contributed by atoms with Crippen molar-refractivity contribution in [3.63, 3.8) is 0 Å². The van der Waals surface area contributed by atoms with Crippen LogP contribution in [0.5, 0.6) is 0 Å². The highest BCUT2D eigenvalue weighted by Gasteiger charge is 2.16. The van der Waals surface area contributed by atoms with Gasteiger partial charge in [0.1, 0.15) is 0 Å². The molecule has 0 aromatic rings. The van der Waals surface area contributed by atoms with Crippen molar-refractivity contribution in [2.24, 2.45) is 5.92 Å². The number of hydrogen-bond donors (Lipinski definition) is 2. The maximum atomic E-state index is 11.4. The summed E-state index contributed by atoms with van der Waals surface area (Å²) >= 11 is 0. The Morgan fingerprint density at radius 3 is 2.56 bits per heavy atom. The molecule has 1 fully saturated rings. The monoisotopic (exact) mass is 256 g/mol. The van der Waals surface area contributed by atoms with E-state index in [0.717, 1.165) is 32.0 Å².